The van der Waals surface area contributed by atoms with Crippen molar-refractivity contribution in [1.82, 2.24) is 24.8 Å². The highest BCUT2D eigenvalue weighted by Crippen LogP contribution is 2.39. The summed E-state index contributed by atoms with van der Waals surface area (Å²) in [7, 11) is 2.17. The predicted molar refractivity (Wildman–Crippen MR) is 143 cm³/mol. The Morgan fingerprint density at radius 2 is 1.89 bits per heavy atom. The van der Waals surface area contributed by atoms with Gasteiger partial charge in [-0.05, 0) is 73.3 Å². The maximum absolute atomic E-state index is 13.1. The van der Waals surface area contributed by atoms with Gasteiger partial charge >= 0.3 is 0 Å². The molecule has 0 bridgehead atoms. The number of hydrogen-bond acceptors (Lipinski definition) is 5. The fraction of sp³-hybridized carbons (Fsp3) is 0.367. The third-order valence-corrected chi connectivity index (χ3v) is 8.35. The van der Waals surface area contributed by atoms with Crippen LogP contribution in [-0.4, -0.2) is 70.6 Å². The monoisotopic (exact) mass is 493 g/mol. The molecule has 0 saturated carbocycles. The van der Waals surface area contributed by atoms with E-state index in [-0.39, 0.29) is 11.3 Å². The van der Waals surface area contributed by atoms with Crippen LogP contribution in [0.2, 0.25) is 0 Å². The van der Waals surface area contributed by atoms with Gasteiger partial charge in [0.2, 0.25) is 0 Å². The van der Waals surface area contributed by atoms with Gasteiger partial charge in [0.25, 0.3) is 5.91 Å². The van der Waals surface area contributed by atoms with Crippen LogP contribution < -0.4 is 0 Å². The van der Waals surface area contributed by atoms with Crippen molar-refractivity contribution in [2.24, 2.45) is 5.41 Å². The second kappa shape index (κ2) is 8.23. The number of benzene rings is 2. The van der Waals surface area contributed by atoms with Gasteiger partial charge < -0.3 is 19.5 Å². The number of carbonyl (C=O) groups excluding carboxylic acids is 1. The summed E-state index contributed by atoms with van der Waals surface area (Å²) in [5, 5.41) is 0. The third kappa shape index (κ3) is 3.68. The molecule has 1 spiro atoms. The number of nitrogens with one attached hydrogen (secondary N) is 1. The molecular formula is C30H31N5O2. The molecule has 7 rings (SSSR count). The van der Waals surface area contributed by atoms with E-state index in [2.05, 4.69) is 42.1 Å². The number of nitrogens with zero attached hydrogens (tertiary/aromatic N) is 4. The van der Waals surface area contributed by atoms with Crippen LogP contribution in [0.15, 0.2) is 42.7 Å². The van der Waals surface area contributed by atoms with Crippen molar-refractivity contribution in [2.45, 2.75) is 26.8 Å². The Labute approximate surface area is 216 Å². The van der Waals surface area contributed by atoms with Crippen molar-refractivity contribution >= 4 is 17.1 Å². The average molecular weight is 494 g/mol. The van der Waals surface area contributed by atoms with E-state index in [1.54, 1.807) is 0 Å². The predicted octanol–water partition coefficient (Wildman–Crippen LogP) is 4.37. The van der Waals surface area contributed by atoms with Gasteiger partial charge in [-0.1, -0.05) is 12.1 Å². The Kier molecular flexibility index (Phi) is 5.03. The number of aryl methyl sites for hydroxylation is 2. The number of hydrogen-bond donors (Lipinski definition) is 1. The summed E-state index contributed by atoms with van der Waals surface area (Å²) < 4.78 is 5.35. The topological polar surface area (TPSA) is 74.4 Å². The average Bonchev–Trinajstić information content (AvgIpc) is 3.25. The summed E-state index contributed by atoms with van der Waals surface area (Å²) in [5.41, 5.74) is 11.8. The summed E-state index contributed by atoms with van der Waals surface area (Å²) >= 11 is 0. The molecule has 7 nitrogen and oxygen atoms in total. The largest absolute Gasteiger partial charge is 0.380 e. The lowest BCUT2D eigenvalue weighted by molar-refractivity contribution is -0.176. The number of carbonyl (C=O) groups is 1. The molecule has 1 amide bonds. The smallest absolute Gasteiger partial charge is 0.254 e. The van der Waals surface area contributed by atoms with Crippen molar-refractivity contribution < 1.29 is 9.53 Å². The van der Waals surface area contributed by atoms with Gasteiger partial charge in [0.05, 0.1) is 30.5 Å². The molecule has 2 saturated heterocycles. The van der Waals surface area contributed by atoms with Crippen LogP contribution in [0.25, 0.3) is 33.5 Å². The minimum Gasteiger partial charge on any atom is -0.380 e. The SMILES string of the molecule is Cc1cc(-c2c[nH]c3ncc(-c4cc(C)c5c(c4)CN(C)CC5)nc23)ccc1C(=O)N1CC2(COC2)C1. The molecule has 0 aliphatic carbocycles. The minimum atomic E-state index is 0.107. The number of rotatable bonds is 3. The normalized spacial score (nSPS) is 18.5. The number of likely N-dealkylation sites (tertiary alicyclic amines) is 1. The van der Waals surface area contributed by atoms with Crippen molar-refractivity contribution in [3.8, 4) is 22.4 Å². The number of amides is 1. The molecule has 5 heterocycles. The lowest BCUT2D eigenvalue weighted by atomic mass is 9.77. The zero-order valence-electron chi connectivity index (χ0n) is 21.6. The first-order valence-electron chi connectivity index (χ1n) is 13.0. The van der Waals surface area contributed by atoms with E-state index in [1.165, 1.54) is 16.7 Å². The standard InChI is InChI=1S/C30H31N5O2/c1-18-9-21(10-22-13-34(3)7-6-23(18)22)26-12-32-28-27(33-26)25(11-31-28)20-4-5-24(19(2)8-20)29(36)35-14-30(15-35)16-37-17-30/h4-5,8-12H,6-7,13-17H2,1-3H3,(H,31,32). The van der Waals surface area contributed by atoms with Crippen molar-refractivity contribution in [3.05, 3.63) is 70.5 Å². The van der Waals surface area contributed by atoms with E-state index in [4.69, 9.17) is 14.7 Å². The Bertz CT molecular complexity index is 1560. The van der Waals surface area contributed by atoms with Gasteiger partial charge in [-0.2, -0.15) is 0 Å². The summed E-state index contributed by atoms with van der Waals surface area (Å²) in [6.45, 7) is 9.43. The molecule has 3 aliphatic heterocycles. The molecule has 7 heteroatoms. The lowest BCUT2D eigenvalue weighted by Crippen LogP contribution is -2.67. The van der Waals surface area contributed by atoms with Gasteiger partial charge in [0.15, 0.2) is 5.65 Å². The summed E-state index contributed by atoms with van der Waals surface area (Å²) in [5.74, 6) is 0.107. The Hall–Kier alpha value is -3.55. The van der Waals surface area contributed by atoms with E-state index in [1.807, 2.05) is 36.4 Å². The number of aromatic amines is 1. The van der Waals surface area contributed by atoms with Crippen molar-refractivity contribution in [2.75, 3.05) is 39.9 Å². The molecule has 2 aromatic carbocycles. The maximum atomic E-state index is 13.1. The van der Waals surface area contributed by atoms with Gasteiger partial charge in [0, 0.05) is 49.1 Å². The number of likely N-dealkylation sites (N-methyl/N-ethyl adjacent to an activating group) is 1. The van der Waals surface area contributed by atoms with Gasteiger partial charge in [-0.3, -0.25) is 4.79 Å². The van der Waals surface area contributed by atoms with Gasteiger partial charge in [0.1, 0.15) is 5.52 Å². The van der Waals surface area contributed by atoms with Gasteiger partial charge in [-0.25, -0.2) is 9.97 Å². The first kappa shape index (κ1) is 22.6. The zero-order valence-corrected chi connectivity index (χ0v) is 21.6. The van der Waals surface area contributed by atoms with Crippen LogP contribution >= 0.6 is 0 Å². The second-order valence-electron chi connectivity index (χ2n) is 11.3. The summed E-state index contributed by atoms with van der Waals surface area (Å²) in [6, 6.07) is 10.6. The Balaban J connectivity index is 1.20. The summed E-state index contributed by atoms with van der Waals surface area (Å²) in [6.07, 6.45) is 4.92. The van der Waals surface area contributed by atoms with Crippen LogP contribution in [0.1, 0.15) is 32.6 Å². The second-order valence-corrected chi connectivity index (χ2v) is 11.3. The molecule has 0 unspecified atom stereocenters. The third-order valence-electron chi connectivity index (χ3n) is 8.35. The van der Waals surface area contributed by atoms with E-state index in [0.717, 1.165) is 90.5 Å². The fourth-order valence-electron chi connectivity index (χ4n) is 6.18. The Morgan fingerprint density at radius 3 is 2.65 bits per heavy atom. The quantitative estimate of drug-likeness (QED) is 0.459. The number of fused-ring (bicyclic) bond motifs is 2. The molecule has 2 fully saturated rings. The molecule has 1 N–H and O–H groups in total. The van der Waals surface area contributed by atoms with Crippen LogP contribution in [0.4, 0.5) is 0 Å². The van der Waals surface area contributed by atoms with Crippen LogP contribution in [-0.2, 0) is 17.7 Å². The molecule has 0 atom stereocenters. The first-order chi connectivity index (χ1) is 17.9. The minimum absolute atomic E-state index is 0.107. The molecule has 37 heavy (non-hydrogen) atoms. The lowest BCUT2D eigenvalue weighted by Gasteiger charge is -2.55. The highest BCUT2D eigenvalue weighted by atomic mass is 16.5. The highest BCUT2D eigenvalue weighted by Gasteiger charge is 2.50. The zero-order chi connectivity index (χ0) is 25.3. The molecule has 188 valence electrons. The van der Waals surface area contributed by atoms with Crippen molar-refractivity contribution in [3.63, 3.8) is 0 Å². The maximum Gasteiger partial charge on any atom is 0.254 e. The molecule has 4 aromatic rings. The fourth-order valence-corrected chi connectivity index (χ4v) is 6.18. The van der Waals surface area contributed by atoms with Crippen LogP contribution in [0, 0.1) is 19.3 Å². The molecule has 0 radical (unpaired) electrons. The highest BCUT2D eigenvalue weighted by molar-refractivity contribution is 5.98. The number of aromatic nitrogens is 3. The van der Waals surface area contributed by atoms with Crippen molar-refractivity contribution in [1.29, 1.82) is 0 Å². The summed E-state index contributed by atoms with van der Waals surface area (Å²) in [4.78, 5) is 30.4. The molecular weight excluding hydrogens is 462 g/mol. The van der Waals surface area contributed by atoms with E-state index in [9.17, 15) is 4.79 Å². The molecule has 3 aliphatic rings. The molecule has 2 aromatic heterocycles. The van der Waals surface area contributed by atoms with E-state index >= 15 is 0 Å². The van der Waals surface area contributed by atoms with Gasteiger partial charge in [-0.15, -0.1) is 0 Å². The first-order valence-corrected chi connectivity index (χ1v) is 13.0. The number of ether oxygens (including phenoxy) is 1. The number of H-pyrrole nitrogens is 1. The van der Waals surface area contributed by atoms with Crippen LogP contribution in [0.3, 0.4) is 0 Å². The van der Waals surface area contributed by atoms with E-state index < -0.39 is 0 Å². The van der Waals surface area contributed by atoms with Crippen LogP contribution in [0.5, 0.6) is 0 Å². The van der Waals surface area contributed by atoms with E-state index in [0.29, 0.717) is 0 Å². The Morgan fingerprint density at radius 1 is 1.08 bits per heavy atom.